The first-order valence-corrected chi connectivity index (χ1v) is 6.52. The fraction of sp³-hybridized carbons (Fsp3) is 0. The van der Waals surface area contributed by atoms with Crippen LogP contribution in [0.4, 0.5) is 0 Å². The summed E-state index contributed by atoms with van der Waals surface area (Å²) in [5, 5.41) is 13.0. The quantitative estimate of drug-likeness (QED) is 0.525. The maximum atomic E-state index is 9.88. The number of rotatable bonds is 1. The van der Waals surface area contributed by atoms with Crippen molar-refractivity contribution in [2.75, 3.05) is 0 Å². The number of phenolic OH excluding ortho intramolecular Hbond substituents is 1. The van der Waals surface area contributed by atoms with Gasteiger partial charge in [0, 0.05) is 5.56 Å². The van der Waals surface area contributed by atoms with E-state index in [2.05, 4.69) is 18.2 Å². The highest BCUT2D eigenvalue weighted by Crippen LogP contribution is 2.35. The second-order valence-corrected chi connectivity index (χ2v) is 4.83. The van der Waals surface area contributed by atoms with Gasteiger partial charge in [0.2, 0.25) is 0 Å². The van der Waals surface area contributed by atoms with Gasteiger partial charge < -0.3 is 9.52 Å². The number of hydrogen-bond acceptors (Lipinski definition) is 2. The van der Waals surface area contributed by atoms with Gasteiger partial charge in [-0.2, -0.15) is 0 Å². The molecule has 1 heterocycles. The molecule has 2 heteroatoms. The Bertz CT molecular complexity index is 914. The Morgan fingerprint density at radius 1 is 0.750 bits per heavy atom. The van der Waals surface area contributed by atoms with Crippen molar-refractivity contribution in [3.63, 3.8) is 0 Å². The van der Waals surface area contributed by atoms with Crippen LogP contribution >= 0.6 is 0 Å². The maximum Gasteiger partial charge on any atom is 0.138 e. The second-order valence-electron chi connectivity index (χ2n) is 4.83. The lowest BCUT2D eigenvalue weighted by Crippen LogP contribution is -1.77. The van der Waals surface area contributed by atoms with Crippen molar-refractivity contribution in [3.05, 3.63) is 66.7 Å². The fourth-order valence-electron chi connectivity index (χ4n) is 2.62. The maximum absolute atomic E-state index is 9.88. The first-order valence-electron chi connectivity index (χ1n) is 6.52. The topological polar surface area (TPSA) is 33.4 Å². The summed E-state index contributed by atoms with van der Waals surface area (Å²) >= 11 is 0. The zero-order chi connectivity index (χ0) is 13.5. The molecule has 20 heavy (non-hydrogen) atoms. The number of phenols is 1. The molecule has 2 nitrogen and oxygen atoms in total. The van der Waals surface area contributed by atoms with E-state index < -0.39 is 0 Å². The van der Waals surface area contributed by atoms with Crippen LogP contribution in [0.25, 0.3) is 33.1 Å². The first kappa shape index (κ1) is 11.1. The number of furan rings is 1. The van der Waals surface area contributed by atoms with Crippen LogP contribution in [-0.4, -0.2) is 5.11 Å². The summed E-state index contributed by atoms with van der Waals surface area (Å²) in [6, 6.07) is 21.6. The summed E-state index contributed by atoms with van der Waals surface area (Å²) in [6.07, 6.45) is 0. The molecule has 0 atom stereocenters. The summed E-state index contributed by atoms with van der Waals surface area (Å²) in [6.45, 7) is 0. The summed E-state index contributed by atoms with van der Waals surface area (Å²) < 4.78 is 5.88. The summed E-state index contributed by atoms with van der Waals surface area (Å²) in [4.78, 5) is 0. The molecular weight excluding hydrogens is 248 g/mol. The van der Waals surface area contributed by atoms with Crippen molar-refractivity contribution in [2.24, 2.45) is 0 Å². The van der Waals surface area contributed by atoms with E-state index in [4.69, 9.17) is 4.42 Å². The lowest BCUT2D eigenvalue weighted by atomic mass is 10.0. The normalized spacial score (nSPS) is 11.2. The van der Waals surface area contributed by atoms with Gasteiger partial charge in [-0.05, 0) is 29.0 Å². The molecule has 3 aromatic carbocycles. The Morgan fingerprint density at radius 2 is 1.55 bits per heavy atom. The lowest BCUT2D eigenvalue weighted by molar-refractivity contribution is 0.481. The second kappa shape index (κ2) is 4.14. The molecule has 1 aromatic heterocycles. The molecule has 4 rings (SSSR count). The summed E-state index contributed by atoms with van der Waals surface area (Å²) in [7, 11) is 0. The van der Waals surface area contributed by atoms with Crippen molar-refractivity contribution in [3.8, 4) is 17.1 Å². The van der Waals surface area contributed by atoms with Crippen molar-refractivity contribution >= 4 is 21.7 Å². The van der Waals surface area contributed by atoms with E-state index in [9.17, 15) is 5.11 Å². The van der Waals surface area contributed by atoms with E-state index in [1.807, 2.05) is 36.4 Å². The molecule has 96 valence electrons. The first-order chi connectivity index (χ1) is 9.83. The Labute approximate surface area is 115 Å². The van der Waals surface area contributed by atoms with E-state index in [1.54, 1.807) is 12.1 Å². The Morgan fingerprint density at radius 3 is 2.45 bits per heavy atom. The minimum atomic E-state index is 0.248. The summed E-state index contributed by atoms with van der Waals surface area (Å²) in [5.74, 6) is 1.02. The molecule has 0 fully saturated rings. The van der Waals surface area contributed by atoms with Gasteiger partial charge in [-0.3, -0.25) is 0 Å². The average Bonchev–Trinajstić information content (AvgIpc) is 2.92. The van der Waals surface area contributed by atoms with Crippen molar-refractivity contribution < 1.29 is 9.52 Å². The van der Waals surface area contributed by atoms with E-state index in [-0.39, 0.29) is 5.75 Å². The Balaban J connectivity index is 2.04. The van der Waals surface area contributed by atoms with Gasteiger partial charge in [0.1, 0.15) is 17.1 Å². The molecule has 0 radical (unpaired) electrons. The van der Waals surface area contributed by atoms with Crippen LogP contribution in [0.15, 0.2) is 71.1 Å². The number of hydrogen-bond donors (Lipinski definition) is 1. The Kier molecular flexibility index (Phi) is 2.30. The molecule has 1 N–H and O–H groups in total. The lowest BCUT2D eigenvalue weighted by Gasteiger charge is -2.03. The monoisotopic (exact) mass is 260 g/mol. The van der Waals surface area contributed by atoms with E-state index in [0.29, 0.717) is 5.58 Å². The Hall–Kier alpha value is -2.74. The largest absolute Gasteiger partial charge is 0.507 e. The predicted molar refractivity (Wildman–Crippen MR) is 80.8 cm³/mol. The van der Waals surface area contributed by atoms with Gasteiger partial charge in [0.25, 0.3) is 0 Å². The van der Waals surface area contributed by atoms with E-state index in [1.165, 1.54) is 5.39 Å². The molecule has 0 saturated carbocycles. The predicted octanol–water partition coefficient (Wildman–Crippen LogP) is 4.96. The van der Waals surface area contributed by atoms with Gasteiger partial charge in [0.15, 0.2) is 0 Å². The van der Waals surface area contributed by atoms with Crippen LogP contribution in [-0.2, 0) is 0 Å². The van der Waals surface area contributed by atoms with Crippen molar-refractivity contribution in [1.29, 1.82) is 0 Å². The average molecular weight is 260 g/mol. The SMILES string of the molecule is Oc1cccc2oc(-c3cccc4ccccc34)cc12. The highest BCUT2D eigenvalue weighted by Gasteiger charge is 2.11. The van der Waals surface area contributed by atoms with Gasteiger partial charge in [-0.1, -0.05) is 48.5 Å². The molecule has 0 aliphatic heterocycles. The van der Waals surface area contributed by atoms with Gasteiger partial charge in [-0.15, -0.1) is 0 Å². The third kappa shape index (κ3) is 1.58. The highest BCUT2D eigenvalue weighted by atomic mass is 16.3. The zero-order valence-corrected chi connectivity index (χ0v) is 10.7. The fourth-order valence-corrected chi connectivity index (χ4v) is 2.62. The number of fused-ring (bicyclic) bond motifs is 2. The van der Waals surface area contributed by atoms with E-state index in [0.717, 1.165) is 22.1 Å². The zero-order valence-electron chi connectivity index (χ0n) is 10.7. The van der Waals surface area contributed by atoms with Crippen LogP contribution in [0.3, 0.4) is 0 Å². The molecule has 0 amide bonds. The smallest absolute Gasteiger partial charge is 0.138 e. The standard InChI is InChI=1S/C18H12O2/c19-16-9-4-10-17-15(16)11-18(20-17)14-8-3-6-12-5-1-2-7-13(12)14/h1-11,19H. The van der Waals surface area contributed by atoms with Gasteiger partial charge >= 0.3 is 0 Å². The minimum Gasteiger partial charge on any atom is -0.507 e. The molecule has 4 aromatic rings. The van der Waals surface area contributed by atoms with Gasteiger partial charge in [0.05, 0.1) is 5.39 Å². The van der Waals surface area contributed by atoms with Crippen LogP contribution in [0.1, 0.15) is 0 Å². The molecule has 0 aliphatic carbocycles. The minimum absolute atomic E-state index is 0.248. The van der Waals surface area contributed by atoms with Crippen molar-refractivity contribution in [1.82, 2.24) is 0 Å². The van der Waals surface area contributed by atoms with E-state index >= 15 is 0 Å². The van der Waals surface area contributed by atoms with Crippen LogP contribution in [0.2, 0.25) is 0 Å². The molecule has 0 saturated heterocycles. The number of benzene rings is 3. The van der Waals surface area contributed by atoms with Crippen LogP contribution in [0, 0.1) is 0 Å². The molecular formula is C18H12O2. The van der Waals surface area contributed by atoms with Crippen LogP contribution < -0.4 is 0 Å². The number of aromatic hydroxyl groups is 1. The molecule has 0 aliphatic rings. The van der Waals surface area contributed by atoms with Gasteiger partial charge in [-0.25, -0.2) is 0 Å². The molecule has 0 spiro atoms. The highest BCUT2D eigenvalue weighted by molar-refractivity contribution is 5.98. The summed E-state index contributed by atoms with van der Waals surface area (Å²) in [5.41, 5.74) is 1.74. The third-order valence-electron chi connectivity index (χ3n) is 3.59. The van der Waals surface area contributed by atoms with Crippen LogP contribution in [0.5, 0.6) is 5.75 Å². The molecule has 0 bridgehead atoms. The van der Waals surface area contributed by atoms with Crippen molar-refractivity contribution in [2.45, 2.75) is 0 Å². The third-order valence-corrected chi connectivity index (χ3v) is 3.59. The molecule has 0 unspecified atom stereocenters.